The third-order valence-electron chi connectivity index (χ3n) is 2.36. The van der Waals surface area contributed by atoms with Crippen molar-refractivity contribution in [2.45, 2.75) is 6.92 Å². The minimum atomic E-state index is -0.579. The summed E-state index contributed by atoms with van der Waals surface area (Å²) in [4.78, 5) is 21.9. The lowest BCUT2D eigenvalue weighted by molar-refractivity contribution is -0.384. The largest absolute Gasteiger partial charge is 0.305 e. The van der Waals surface area contributed by atoms with Crippen molar-refractivity contribution in [2.75, 3.05) is 5.32 Å². The molecule has 2 rings (SSSR count). The van der Waals surface area contributed by atoms with E-state index in [-0.39, 0.29) is 16.3 Å². The summed E-state index contributed by atoms with van der Waals surface area (Å²) in [6.07, 6.45) is 0. The smallest absolute Gasteiger partial charge is 0.270 e. The fourth-order valence-electron chi connectivity index (χ4n) is 1.47. The zero-order chi connectivity index (χ0) is 14.0. The van der Waals surface area contributed by atoms with Gasteiger partial charge in [0.05, 0.1) is 15.5 Å². The van der Waals surface area contributed by atoms with Crippen LogP contribution >= 0.6 is 11.6 Å². The van der Waals surface area contributed by atoms with Crippen molar-refractivity contribution >= 4 is 29.0 Å². The third kappa shape index (κ3) is 2.89. The topological polar surface area (TPSA) is 101 Å². The molecule has 1 aromatic carbocycles. The molecule has 2 aromatic rings. The molecule has 1 aromatic heterocycles. The first-order chi connectivity index (χ1) is 8.97. The molecule has 0 aliphatic rings. The molecule has 8 heteroatoms. The third-order valence-corrected chi connectivity index (χ3v) is 2.67. The number of rotatable bonds is 3. The summed E-state index contributed by atoms with van der Waals surface area (Å²) in [6, 6.07) is 5.30. The van der Waals surface area contributed by atoms with Crippen LogP contribution in [0.2, 0.25) is 5.02 Å². The number of anilines is 1. The van der Waals surface area contributed by atoms with Crippen LogP contribution in [0.1, 0.15) is 16.1 Å². The number of benzene rings is 1. The number of nitro groups is 1. The molecule has 0 spiro atoms. The van der Waals surface area contributed by atoms with Crippen molar-refractivity contribution in [1.29, 1.82) is 0 Å². The Labute approximate surface area is 112 Å². The maximum absolute atomic E-state index is 11.9. The van der Waals surface area contributed by atoms with Crippen molar-refractivity contribution in [1.82, 2.24) is 10.2 Å². The highest BCUT2D eigenvalue weighted by Gasteiger charge is 2.15. The molecule has 0 fully saturated rings. The number of nitrogens with one attached hydrogen (secondary N) is 2. The highest BCUT2D eigenvalue weighted by Crippen LogP contribution is 2.23. The molecule has 98 valence electrons. The van der Waals surface area contributed by atoms with Crippen molar-refractivity contribution in [3.63, 3.8) is 0 Å². The van der Waals surface area contributed by atoms with E-state index in [1.165, 1.54) is 12.1 Å². The maximum Gasteiger partial charge on any atom is 0.270 e. The number of aromatic amines is 1. The summed E-state index contributed by atoms with van der Waals surface area (Å²) in [6.45, 7) is 1.79. The van der Waals surface area contributed by atoms with Crippen LogP contribution in [0.3, 0.4) is 0 Å². The van der Waals surface area contributed by atoms with Crippen LogP contribution in [0.5, 0.6) is 0 Å². The van der Waals surface area contributed by atoms with E-state index in [1.54, 1.807) is 13.0 Å². The Kier molecular flexibility index (Phi) is 3.48. The van der Waals surface area contributed by atoms with Gasteiger partial charge in [-0.25, -0.2) is 0 Å². The van der Waals surface area contributed by atoms with E-state index >= 15 is 0 Å². The first-order valence-electron chi connectivity index (χ1n) is 5.24. The van der Waals surface area contributed by atoms with Gasteiger partial charge in [0.2, 0.25) is 0 Å². The Hall–Kier alpha value is -2.41. The summed E-state index contributed by atoms with van der Waals surface area (Å²) in [5.74, 6) is -0.122. The van der Waals surface area contributed by atoms with E-state index in [2.05, 4.69) is 15.5 Å². The van der Waals surface area contributed by atoms with Crippen molar-refractivity contribution in [3.8, 4) is 0 Å². The second-order valence-corrected chi connectivity index (χ2v) is 4.22. The van der Waals surface area contributed by atoms with Crippen molar-refractivity contribution in [3.05, 3.63) is 50.7 Å². The van der Waals surface area contributed by atoms with Crippen LogP contribution in [0.15, 0.2) is 24.3 Å². The molecule has 0 saturated heterocycles. The number of carbonyl (C=O) groups is 1. The summed E-state index contributed by atoms with van der Waals surface area (Å²) >= 11 is 5.85. The van der Waals surface area contributed by atoms with Gasteiger partial charge in [0.15, 0.2) is 5.82 Å². The van der Waals surface area contributed by atoms with Gasteiger partial charge in [-0.1, -0.05) is 11.6 Å². The maximum atomic E-state index is 11.9. The fourth-order valence-corrected chi connectivity index (χ4v) is 1.73. The number of hydrogen-bond donors (Lipinski definition) is 2. The Balaban J connectivity index is 2.22. The molecule has 19 heavy (non-hydrogen) atoms. The predicted octanol–water partition coefficient (Wildman–Crippen LogP) is 2.53. The number of H-pyrrole nitrogens is 1. The highest BCUT2D eigenvalue weighted by atomic mass is 35.5. The molecule has 1 heterocycles. The van der Waals surface area contributed by atoms with Gasteiger partial charge >= 0.3 is 0 Å². The van der Waals surface area contributed by atoms with Crippen LogP contribution in [-0.2, 0) is 0 Å². The SMILES string of the molecule is Cc1cc(NC(=O)c2ccc([N+](=O)[O-])cc2Cl)n[nH]1. The molecule has 0 bridgehead atoms. The number of aryl methyl sites for hydroxylation is 1. The molecular formula is C11H9ClN4O3. The van der Waals surface area contributed by atoms with E-state index in [4.69, 9.17) is 11.6 Å². The van der Waals surface area contributed by atoms with Crippen LogP contribution in [0.4, 0.5) is 11.5 Å². The number of amides is 1. The molecule has 1 amide bonds. The van der Waals surface area contributed by atoms with E-state index in [1.807, 2.05) is 0 Å². The Morgan fingerprint density at radius 2 is 2.21 bits per heavy atom. The average molecular weight is 281 g/mol. The fraction of sp³-hybridized carbons (Fsp3) is 0.0909. The average Bonchev–Trinajstić information content (AvgIpc) is 2.74. The van der Waals surface area contributed by atoms with Gasteiger partial charge in [0.1, 0.15) is 0 Å². The monoisotopic (exact) mass is 280 g/mol. The lowest BCUT2D eigenvalue weighted by Gasteiger charge is -2.03. The number of nitrogens with zero attached hydrogens (tertiary/aromatic N) is 2. The number of carbonyl (C=O) groups excluding carboxylic acids is 1. The Bertz CT molecular complexity index is 653. The second-order valence-electron chi connectivity index (χ2n) is 3.81. The molecule has 0 saturated carbocycles. The van der Waals surface area contributed by atoms with Gasteiger partial charge in [0, 0.05) is 23.9 Å². The normalized spacial score (nSPS) is 10.2. The van der Waals surface area contributed by atoms with Crippen molar-refractivity contribution < 1.29 is 9.72 Å². The van der Waals surface area contributed by atoms with Crippen LogP contribution in [0.25, 0.3) is 0 Å². The predicted molar refractivity (Wildman–Crippen MR) is 69.4 cm³/mol. The molecular weight excluding hydrogens is 272 g/mol. The summed E-state index contributed by atoms with van der Waals surface area (Å²) in [5.41, 5.74) is 0.773. The van der Waals surface area contributed by atoms with Gasteiger partial charge in [-0.05, 0) is 13.0 Å². The number of halogens is 1. The number of aromatic nitrogens is 2. The molecule has 7 nitrogen and oxygen atoms in total. The molecule has 0 aliphatic heterocycles. The summed E-state index contributed by atoms with van der Waals surface area (Å²) in [7, 11) is 0. The Morgan fingerprint density at radius 1 is 1.47 bits per heavy atom. The minimum Gasteiger partial charge on any atom is -0.305 e. The molecule has 0 aliphatic carbocycles. The van der Waals surface area contributed by atoms with Gasteiger partial charge < -0.3 is 5.32 Å². The van der Waals surface area contributed by atoms with Gasteiger partial charge in [0.25, 0.3) is 11.6 Å². The van der Waals surface area contributed by atoms with Crippen LogP contribution in [-0.4, -0.2) is 21.0 Å². The number of hydrogen-bond acceptors (Lipinski definition) is 4. The molecule has 2 N–H and O–H groups in total. The van der Waals surface area contributed by atoms with E-state index in [0.29, 0.717) is 5.82 Å². The number of nitro benzene ring substituents is 1. The molecule has 0 atom stereocenters. The van der Waals surface area contributed by atoms with Crippen LogP contribution < -0.4 is 5.32 Å². The van der Waals surface area contributed by atoms with E-state index < -0.39 is 10.8 Å². The van der Waals surface area contributed by atoms with E-state index in [9.17, 15) is 14.9 Å². The first-order valence-corrected chi connectivity index (χ1v) is 5.62. The minimum absolute atomic E-state index is 0.0129. The van der Waals surface area contributed by atoms with Crippen molar-refractivity contribution in [2.24, 2.45) is 0 Å². The summed E-state index contributed by atoms with van der Waals surface area (Å²) in [5, 5.41) is 19.6. The standard InChI is InChI=1S/C11H9ClN4O3/c1-6-4-10(15-14-6)13-11(17)8-3-2-7(16(18)19)5-9(8)12/h2-5H,1H3,(H2,13,14,15,17). The number of non-ortho nitro benzene ring substituents is 1. The quantitative estimate of drug-likeness (QED) is 0.666. The van der Waals surface area contributed by atoms with E-state index in [0.717, 1.165) is 11.8 Å². The lowest BCUT2D eigenvalue weighted by Crippen LogP contribution is -2.12. The Morgan fingerprint density at radius 3 is 2.74 bits per heavy atom. The zero-order valence-corrected chi connectivity index (χ0v) is 10.6. The molecule has 0 unspecified atom stereocenters. The zero-order valence-electron chi connectivity index (χ0n) is 9.81. The van der Waals surface area contributed by atoms with Crippen LogP contribution in [0, 0.1) is 17.0 Å². The molecule has 0 radical (unpaired) electrons. The lowest BCUT2D eigenvalue weighted by atomic mass is 10.2. The van der Waals surface area contributed by atoms with Gasteiger partial charge in [-0.15, -0.1) is 0 Å². The summed E-state index contributed by atoms with van der Waals surface area (Å²) < 4.78 is 0. The van der Waals surface area contributed by atoms with Gasteiger partial charge in [-0.3, -0.25) is 20.0 Å². The highest BCUT2D eigenvalue weighted by molar-refractivity contribution is 6.34. The first kappa shape index (κ1) is 13.0. The van der Waals surface area contributed by atoms with Gasteiger partial charge in [-0.2, -0.15) is 5.10 Å². The second kappa shape index (κ2) is 5.07.